The molecule has 170 valence electrons. The van der Waals surface area contributed by atoms with Gasteiger partial charge in [-0.25, -0.2) is 4.68 Å². The van der Waals surface area contributed by atoms with Crippen molar-refractivity contribution in [1.29, 1.82) is 0 Å². The van der Waals surface area contributed by atoms with E-state index in [0.29, 0.717) is 0 Å². The van der Waals surface area contributed by atoms with Crippen molar-refractivity contribution in [2.75, 3.05) is 18.7 Å². The van der Waals surface area contributed by atoms with Crippen LogP contribution in [0.1, 0.15) is 34.4 Å². The second-order valence-corrected chi connectivity index (χ2v) is 9.18. The number of ether oxygens (including phenoxy) is 2. The number of para-hydroxylation sites is 1. The Kier molecular flexibility index (Phi) is 5.07. The predicted molar refractivity (Wildman–Crippen MR) is 134 cm³/mol. The highest BCUT2D eigenvalue weighted by atomic mass is 32.2. The molecule has 1 aromatic heterocycles. The van der Waals surface area contributed by atoms with Crippen molar-refractivity contribution < 1.29 is 9.47 Å². The molecule has 0 bridgehead atoms. The van der Waals surface area contributed by atoms with E-state index in [9.17, 15) is 0 Å². The van der Waals surface area contributed by atoms with Crippen LogP contribution in [0.4, 0.5) is 5.95 Å². The second kappa shape index (κ2) is 8.25. The number of benzene rings is 3. The smallest absolute Gasteiger partial charge is 0.227 e. The lowest BCUT2D eigenvalue weighted by Crippen LogP contribution is -2.32. The minimum Gasteiger partial charge on any atom is -0.497 e. The number of aromatic nitrogens is 3. The number of rotatable bonds is 4. The minimum atomic E-state index is -0.325. The van der Waals surface area contributed by atoms with Gasteiger partial charge in [-0.05, 0) is 43.0 Å². The Labute approximate surface area is 202 Å². The Bertz CT molecular complexity index is 1410. The average molecular weight is 469 g/mol. The van der Waals surface area contributed by atoms with Crippen LogP contribution in [0.25, 0.3) is 5.70 Å². The first-order chi connectivity index (χ1) is 16.7. The van der Waals surface area contributed by atoms with Crippen LogP contribution in [0.5, 0.6) is 11.5 Å². The van der Waals surface area contributed by atoms with Crippen molar-refractivity contribution in [1.82, 2.24) is 14.8 Å². The first-order valence-electron chi connectivity index (χ1n) is 11.1. The van der Waals surface area contributed by atoms with Gasteiger partial charge in [-0.3, -0.25) is 0 Å². The quantitative estimate of drug-likeness (QED) is 0.378. The molecule has 34 heavy (non-hydrogen) atoms. The highest BCUT2D eigenvalue weighted by Gasteiger charge is 2.41. The van der Waals surface area contributed by atoms with Crippen molar-refractivity contribution in [2.45, 2.75) is 24.2 Å². The maximum absolute atomic E-state index is 6.69. The van der Waals surface area contributed by atoms with Crippen molar-refractivity contribution in [3.8, 4) is 11.5 Å². The molecule has 6 rings (SSSR count). The van der Waals surface area contributed by atoms with Gasteiger partial charge in [0.25, 0.3) is 0 Å². The van der Waals surface area contributed by atoms with Crippen molar-refractivity contribution in [3.05, 3.63) is 101 Å². The molecule has 3 aromatic carbocycles. The molecular formula is C27H24N4O2S. The number of hydrogen-bond donors (Lipinski definition) is 1. The number of anilines is 1. The molecule has 0 aliphatic carbocycles. The maximum Gasteiger partial charge on any atom is 0.227 e. The topological polar surface area (TPSA) is 61.2 Å². The lowest BCUT2D eigenvalue weighted by molar-refractivity contribution is 0.222. The van der Waals surface area contributed by atoms with Crippen LogP contribution in [0.15, 0.2) is 83.5 Å². The van der Waals surface area contributed by atoms with Crippen LogP contribution in [0.2, 0.25) is 0 Å². The third kappa shape index (κ3) is 3.35. The molecule has 0 saturated heterocycles. The normalized spacial score (nSPS) is 18.3. The summed E-state index contributed by atoms with van der Waals surface area (Å²) >= 11 is 1.53. The average Bonchev–Trinajstić information content (AvgIpc) is 3.30. The number of thioether (sulfide) groups is 1. The molecule has 6 nitrogen and oxygen atoms in total. The Morgan fingerprint density at radius 3 is 2.62 bits per heavy atom. The molecule has 0 saturated carbocycles. The molecule has 0 spiro atoms. The van der Waals surface area contributed by atoms with Crippen LogP contribution in [0.3, 0.4) is 0 Å². The van der Waals surface area contributed by atoms with Crippen LogP contribution < -0.4 is 14.8 Å². The van der Waals surface area contributed by atoms with Gasteiger partial charge in [0, 0.05) is 16.7 Å². The summed E-state index contributed by atoms with van der Waals surface area (Å²) in [5, 5.41) is 9.17. The van der Waals surface area contributed by atoms with Gasteiger partial charge in [0.05, 0.1) is 12.8 Å². The molecule has 0 unspecified atom stereocenters. The molecule has 7 heteroatoms. The molecule has 0 radical (unpaired) electrons. The Hall–Kier alpha value is -3.71. The molecule has 0 fully saturated rings. The highest BCUT2D eigenvalue weighted by Crippen LogP contribution is 2.51. The first kappa shape index (κ1) is 20.9. The summed E-state index contributed by atoms with van der Waals surface area (Å²) < 4.78 is 14.2. The number of nitrogens with one attached hydrogen (secondary N) is 1. The monoisotopic (exact) mass is 468 g/mol. The highest BCUT2D eigenvalue weighted by molar-refractivity contribution is 7.98. The third-order valence-electron chi connectivity index (χ3n) is 6.33. The van der Waals surface area contributed by atoms with Crippen molar-refractivity contribution in [2.24, 2.45) is 0 Å². The molecular weight excluding hydrogens is 444 g/mol. The predicted octanol–water partition coefficient (Wildman–Crippen LogP) is 5.88. The van der Waals surface area contributed by atoms with Gasteiger partial charge >= 0.3 is 0 Å². The lowest BCUT2D eigenvalue weighted by atomic mass is 9.84. The van der Waals surface area contributed by atoms with Gasteiger partial charge in [0.15, 0.2) is 0 Å². The number of methoxy groups -OCH3 is 1. The van der Waals surface area contributed by atoms with Crippen molar-refractivity contribution >= 4 is 23.4 Å². The Morgan fingerprint density at radius 1 is 1.00 bits per heavy atom. The van der Waals surface area contributed by atoms with E-state index in [2.05, 4.69) is 48.6 Å². The van der Waals surface area contributed by atoms with E-state index < -0.39 is 0 Å². The second-order valence-electron chi connectivity index (χ2n) is 8.41. The molecule has 3 heterocycles. The fourth-order valence-electron chi connectivity index (χ4n) is 4.69. The van der Waals surface area contributed by atoms with Gasteiger partial charge in [-0.15, -0.1) is 5.10 Å². The fourth-order valence-corrected chi connectivity index (χ4v) is 5.04. The number of fused-ring (bicyclic) bond motifs is 3. The summed E-state index contributed by atoms with van der Waals surface area (Å²) in [7, 11) is 1.68. The number of nitrogens with zero attached hydrogens (tertiary/aromatic N) is 3. The molecule has 2 aliphatic rings. The van der Waals surface area contributed by atoms with E-state index in [1.165, 1.54) is 17.3 Å². The summed E-state index contributed by atoms with van der Waals surface area (Å²) in [6, 6.07) is 24.7. The van der Waals surface area contributed by atoms with Crippen LogP contribution >= 0.6 is 11.8 Å². The number of hydrogen-bond acceptors (Lipinski definition) is 6. The van der Waals surface area contributed by atoms with Crippen LogP contribution in [-0.2, 0) is 0 Å². The van der Waals surface area contributed by atoms with Gasteiger partial charge < -0.3 is 14.8 Å². The lowest BCUT2D eigenvalue weighted by Gasteiger charge is -2.39. The van der Waals surface area contributed by atoms with Gasteiger partial charge in [0.2, 0.25) is 11.1 Å². The maximum atomic E-state index is 6.69. The molecule has 4 aromatic rings. The Balaban J connectivity index is 1.62. The van der Waals surface area contributed by atoms with Crippen LogP contribution in [-0.4, -0.2) is 28.1 Å². The summed E-state index contributed by atoms with van der Waals surface area (Å²) in [6.45, 7) is 2.10. The molecule has 2 aliphatic heterocycles. The van der Waals surface area contributed by atoms with Gasteiger partial charge in [0.1, 0.15) is 23.6 Å². The summed E-state index contributed by atoms with van der Waals surface area (Å²) in [5.41, 5.74) is 6.51. The van der Waals surface area contributed by atoms with E-state index in [0.717, 1.165) is 50.6 Å². The summed E-state index contributed by atoms with van der Waals surface area (Å²) in [5.74, 6) is 2.36. The van der Waals surface area contributed by atoms with E-state index >= 15 is 0 Å². The molecule has 1 N–H and O–H groups in total. The third-order valence-corrected chi connectivity index (χ3v) is 6.87. The standard InChI is InChI=1S/C27H24N4O2S/c1-16-11-13-17(14-12-16)24-22-23(28-26-29-27(34-3)30-31(24)26)20-9-4-5-10-21(20)33-25(22)18-7-6-8-19(15-18)32-2/h4-15,24-25H,1-3H3,(H,28,29,30)/t24-,25-/m1/s1. The van der Waals surface area contributed by atoms with E-state index in [1.54, 1.807) is 7.11 Å². The van der Waals surface area contributed by atoms with E-state index in [1.807, 2.05) is 47.3 Å². The first-order valence-corrected chi connectivity index (χ1v) is 12.4. The zero-order valence-electron chi connectivity index (χ0n) is 19.1. The minimum absolute atomic E-state index is 0.176. The summed E-state index contributed by atoms with van der Waals surface area (Å²) in [6.07, 6.45) is 1.67. The van der Waals surface area contributed by atoms with Gasteiger partial charge in [-0.1, -0.05) is 65.9 Å². The fraction of sp³-hybridized carbons (Fsp3) is 0.185. The SMILES string of the molecule is COc1cccc([C@H]2Oc3ccccc3C3=C2[C@@H](c2ccc(C)cc2)n2nc(SC)nc2N3)c1. The van der Waals surface area contributed by atoms with E-state index in [-0.39, 0.29) is 12.1 Å². The van der Waals surface area contributed by atoms with Gasteiger partial charge in [-0.2, -0.15) is 4.98 Å². The van der Waals surface area contributed by atoms with E-state index in [4.69, 9.17) is 19.6 Å². The summed E-state index contributed by atoms with van der Waals surface area (Å²) in [4.78, 5) is 4.76. The zero-order valence-corrected chi connectivity index (χ0v) is 20.0. The largest absolute Gasteiger partial charge is 0.497 e. The van der Waals surface area contributed by atoms with Crippen LogP contribution in [0, 0.1) is 6.92 Å². The van der Waals surface area contributed by atoms with Crippen molar-refractivity contribution in [3.63, 3.8) is 0 Å². The Morgan fingerprint density at radius 2 is 1.82 bits per heavy atom. The molecule has 2 atom stereocenters. The zero-order chi connectivity index (χ0) is 23.2. The molecule has 0 amide bonds. The number of aryl methyl sites for hydroxylation is 1.